The summed E-state index contributed by atoms with van der Waals surface area (Å²) in [6.07, 6.45) is 0. The molecular weight excluding hydrogens is 494 g/mol. The number of esters is 1. The Kier molecular flexibility index (Phi) is 8.59. The van der Waals surface area contributed by atoms with E-state index < -0.39 is 12.0 Å². The normalized spacial score (nSPS) is 15.5. The van der Waals surface area contributed by atoms with E-state index in [4.69, 9.17) is 17.0 Å². The van der Waals surface area contributed by atoms with Crippen molar-refractivity contribution in [3.8, 4) is 0 Å². The topological polar surface area (TPSA) is 70.7 Å². The zero-order valence-corrected chi connectivity index (χ0v) is 22.9. The van der Waals surface area contributed by atoms with Crippen LogP contribution in [0.15, 0.2) is 96.2 Å². The van der Waals surface area contributed by atoms with Gasteiger partial charge in [0.2, 0.25) is 5.91 Å². The van der Waals surface area contributed by atoms with Crippen LogP contribution < -0.4 is 10.6 Å². The lowest BCUT2D eigenvalue weighted by molar-refractivity contribution is -0.140. The van der Waals surface area contributed by atoms with Gasteiger partial charge in [-0.15, -0.1) is 0 Å². The van der Waals surface area contributed by atoms with Crippen LogP contribution >= 0.6 is 12.2 Å². The van der Waals surface area contributed by atoms with Crippen LogP contribution in [0, 0.1) is 5.92 Å². The minimum Gasteiger partial charge on any atom is -0.462 e. The second kappa shape index (κ2) is 12.0. The molecule has 0 bridgehead atoms. The van der Waals surface area contributed by atoms with E-state index in [0.29, 0.717) is 23.0 Å². The molecule has 0 spiro atoms. The first kappa shape index (κ1) is 27.1. The van der Waals surface area contributed by atoms with Crippen molar-refractivity contribution in [2.75, 3.05) is 19.0 Å². The highest BCUT2D eigenvalue weighted by atomic mass is 32.1. The molecule has 0 fully saturated rings. The number of nitrogens with one attached hydrogen (secondary N) is 2. The summed E-state index contributed by atoms with van der Waals surface area (Å²) in [5, 5.41) is 6.87. The summed E-state index contributed by atoms with van der Waals surface area (Å²) in [4.78, 5) is 28.6. The fourth-order valence-corrected chi connectivity index (χ4v) is 4.72. The minimum atomic E-state index is -0.505. The highest BCUT2D eigenvalue weighted by molar-refractivity contribution is 7.80. The standard InChI is InChI=1S/C31H33N3O3S/c1-20(2)19-37-30(36)26-21(3)34(4)31(38)33-28(26)24-16-11-17-25(18-24)32-29(35)27(22-12-7-5-8-13-22)23-14-9-6-10-15-23/h5-18,20,27-28H,19H2,1-4H3,(H,32,35)(H,33,38)/t28-/m1/s1. The largest absolute Gasteiger partial charge is 0.462 e. The first-order valence-electron chi connectivity index (χ1n) is 12.7. The van der Waals surface area contributed by atoms with E-state index in [1.54, 1.807) is 4.90 Å². The maximum atomic E-state index is 13.6. The first-order chi connectivity index (χ1) is 18.3. The molecule has 3 aromatic carbocycles. The third-order valence-corrected chi connectivity index (χ3v) is 6.93. The Bertz CT molecular complexity index is 1300. The van der Waals surface area contributed by atoms with Gasteiger partial charge in [0.15, 0.2) is 5.11 Å². The Morgan fingerprint density at radius 3 is 2.16 bits per heavy atom. The van der Waals surface area contributed by atoms with Crippen molar-refractivity contribution < 1.29 is 14.3 Å². The lowest BCUT2D eigenvalue weighted by Crippen LogP contribution is -2.46. The van der Waals surface area contributed by atoms with E-state index in [1.165, 1.54) is 0 Å². The van der Waals surface area contributed by atoms with Crippen LogP contribution in [-0.2, 0) is 14.3 Å². The second-order valence-corrected chi connectivity index (χ2v) is 10.2. The van der Waals surface area contributed by atoms with Crippen molar-refractivity contribution >= 4 is 34.9 Å². The SMILES string of the molecule is CC1=C(C(=O)OCC(C)C)[C@@H](c2cccc(NC(=O)C(c3ccccc3)c3ccccc3)c2)NC(=S)N1C. The Balaban J connectivity index is 1.64. The third kappa shape index (κ3) is 6.11. The molecule has 0 saturated carbocycles. The van der Waals surface area contributed by atoms with Gasteiger partial charge in [0, 0.05) is 18.4 Å². The summed E-state index contributed by atoms with van der Waals surface area (Å²) in [5.41, 5.74) is 4.47. The van der Waals surface area contributed by atoms with Gasteiger partial charge >= 0.3 is 5.97 Å². The maximum absolute atomic E-state index is 13.6. The third-order valence-electron chi connectivity index (χ3n) is 6.54. The zero-order chi connectivity index (χ0) is 27.2. The molecule has 4 rings (SSSR count). The van der Waals surface area contributed by atoms with Gasteiger partial charge in [-0.1, -0.05) is 86.6 Å². The van der Waals surface area contributed by atoms with Gasteiger partial charge in [-0.2, -0.15) is 0 Å². The molecule has 0 radical (unpaired) electrons. The molecule has 2 N–H and O–H groups in total. The average molecular weight is 528 g/mol. The fraction of sp³-hybridized carbons (Fsp3) is 0.258. The number of amides is 1. The Morgan fingerprint density at radius 1 is 0.974 bits per heavy atom. The van der Waals surface area contributed by atoms with Crippen LogP contribution in [0.4, 0.5) is 5.69 Å². The number of anilines is 1. The molecule has 0 aliphatic carbocycles. The highest BCUT2D eigenvalue weighted by Crippen LogP contribution is 2.33. The molecule has 1 heterocycles. The van der Waals surface area contributed by atoms with Crippen molar-refractivity contribution in [3.63, 3.8) is 0 Å². The van der Waals surface area contributed by atoms with Gasteiger partial charge in [0.25, 0.3) is 0 Å². The van der Waals surface area contributed by atoms with Crippen LogP contribution in [0.1, 0.15) is 49.4 Å². The molecule has 1 atom stereocenters. The average Bonchev–Trinajstić information content (AvgIpc) is 2.91. The Labute approximate surface area is 229 Å². The lowest BCUT2D eigenvalue weighted by atomic mass is 9.90. The van der Waals surface area contributed by atoms with Crippen molar-refractivity contribution in [2.45, 2.75) is 32.7 Å². The van der Waals surface area contributed by atoms with E-state index in [1.807, 2.05) is 113 Å². The van der Waals surface area contributed by atoms with Gasteiger partial charge in [0.1, 0.15) is 0 Å². The first-order valence-corrected chi connectivity index (χ1v) is 13.1. The number of benzene rings is 3. The molecule has 3 aromatic rings. The van der Waals surface area contributed by atoms with E-state index in [-0.39, 0.29) is 17.8 Å². The molecule has 6 nitrogen and oxygen atoms in total. The summed E-state index contributed by atoms with van der Waals surface area (Å²) >= 11 is 5.53. The Morgan fingerprint density at radius 2 is 1.58 bits per heavy atom. The van der Waals surface area contributed by atoms with Crippen LogP contribution in [-0.4, -0.2) is 35.5 Å². The van der Waals surface area contributed by atoms with E-state index in [2.05, 4.69) is 10.6 Å². The summed E-state index contributed by atoms with van der Waals surface area (Å²) in [5.74, 6) is -0.784. The van der Waals surface area contributed by atoms with Crippen molar-refractivity contribution in [1.82, 2.24) is 10.2 Å². The molecule has 1 amide bonds. The summed E-state index contributed by atoms with van der Waals surface area (Å²) in [6, 6.07) is 26.4. The van der Waals surface area contributed by atoms with Gasteiger partial charge in [-0.3, -0.25) is 4.79 Å². The second-order valence-electron chi connectivity index (χ2n) is 9.80. The smallest absolute Gasteiger partial charge is 0.338 e. The molecule has 0 saturated heterocycles. The number of thiocarbonyl (C=S) groups is 1. The number of allylic oxidation sites excluding steroid dienone is 1. The van der Waals surface area contributed by atoms with Crippen LogP contribution in [0.2, 0.25) is 0 Å². The number of rotatable bonds is 8. The van der Waals surface area contributed by atoms with Crippen molar-refractivity contribution in [2.24, 2.45) is 5.92 Å². The van der Waals surface area contributed by atoms with Crippen LogP contribution in [0.3, 0.4) is 0 Å². The fourth-order valence-electron chi connectivity index (χ4n) is 4.47. The van der Waals surface area contributed by atoms with E-state index >= 15 is 0 Å². The van der Waals surface area contributed by atoms with E-state index in [9.17, 15) is 9.59 Å². The lowest BCUT2D eigenvalue weighted by Gasteiger charge is -2.35. The number of ether oxygens (including phenoxy) is 1. The molecule has 1 aliphatic heterocycles. The molecule has 7 heteroatoms. The monoisotopic (exact) mass is 527 g/mol. The quantitative estimate of drug-likeness (QED) is 0.285. The van der Waals surface area contributed by atoms with Gasteiger partial charge in [-0.25, -0.2) is 4.79 Å². The van der Waals surface area contributed by atoms with Gasteiger partial charge in [-0.05, 0) is 53.9 Å². The minimum absolute atomic E-state index is 0.144. The summed E-state index contributed by atoms with van der Waals surface area (Å²) < 4.78 is 5.60. The van der Waals surface area contributed by atoms with Crippen LogP contribution in [0.25, 0.3) is 0 Å². The molecular formula is C31H33N3O3S. The maximum Gasteiger partial charge on any atom is 0.338 e. The Hall–Kier alpha value is -3.97. The number of hydrogen-bond donors (Lipinski definition) is 2. The number of hydrogen-bond acceptors (Lipinski definition) is 4. The van der Waals surface area contributed by atoms with E-state index in [0.717, 1.165) is 22.4 Å². The molecule has 0 aromatic heterocycles. The molecule has 38 heavy (non-hydrogen) atoms. The molecule has 0 unspecified atom stereocenters. The predicted octanol–water partition coefficient (Wildman–Crippen LogP) is 5.79. The molecule has 1 aliphatic rings. The molecule has 196 valence electrons. The van der Waals surface area contributed by atoms with Gasteiger partial charge < -0.3 is 20.3 Å². The predicted molar refractivity (Wildman–Crippen MR) is 155 cm³/mol. The number of carbonyl (C=O) groups excluding carboxylic acids is 2. The highest BCUT2D eigenvalue weighted by Gasteiger charge is 2.34. The van der Waals surface area contributed by atoms with Gasteiger partial charge in [0.05, 0.1) is 24.1 Å². The number of nitrogens with zero attached hydrogens (tertiary/aromatic N) is 1. The number of carbonyl (C=O) groups is 2. The van der Waals surface area contributed by atoms with Crippen LogP contribution in [0.5, 0.6) is 0 Å². The van der Waals surface area contributed by atoms with Crippen molar-refractivity contribution in [1.29, 1.82) is 0 Å². The summed E-state index contributed by atoms with van der Waals surface area (Å²) in [6.45, 7) is 6.18. The summed E-state index contributed by atoms with van der Waals surface area (Å²) in [7, 11) is 1.82. The van der Waals surface area contributed by atoms with Crippen molar-refractivity contribution in [3.05, 3.63) is 113 Å². The zero-order valence-electron chi connectivity index (χ0n) is 22.1.